The highest BCUT2D eigenvalue weighted by molar-refractivity contribution is 7.80. The van der Waals surface area contributed by atoms with Gasteiger partial charge in [-0.05, 0) is 30.7 Å². The van der Waals surface area contributed by atoms with Crippen LogP contribution in [0.5, 0.6) is 0 Å². The molecule has 23 heavy (non-hydrogen) atoms. The summed E-state index contributed by atoms with van der Waals surface area (Å²) in [6, 6.07) is 6.62. The van der Waals surface area contributed by atoms with E-state index in [2.05, 4.69) is 17.9 Å². The first-order valence-electron chi connectivity index (χ1n) is 8.83. The van der Waals surface area contributed by atoms with Crippen molar-refractivity contribution >= 4 is 24.0 Å². The minimum Gasteiger partial charge on any atom is -0.385 e. The van der Waals surface area contributed by atoms with Crippen LogP contribution < -0.4 is 5.32 Å². The molecule has 0 saturated carbocycles. The summed E-state index contributed by atoms with van der Waals surface area (Å²) in [5, 5.41) is 13.9. The molecule has 0 amide bonds. The fourth-order valence-corrected chi connectivity index (χ4v) is 2.81. The Labute approximate surface area is 145 Å². The molecule has 0 atom stereocenters. The van der Waals surface area contributed by atoms with Crippen LogP contribution in [0.15, 0.2) is 24.3 Å². The molecule has 1 aromatic carbocycles. The zero-order valence-electron chi connectivity index (χ0n) is 14.0. The number of nitrogens with one attached hydrogen (secondary N) is 1. The number of hydrogen-bond donors (Lipinski definition) is 2. The second-order valence-electron chi connectivity index (χ2n) is 5.99. The molecule has 1 aromatic rings. The highest BCUT2D eigenvalue weighted by atomic mass is 32.1. The van der Waals surface area contributed by atoms with E-state index in [1.165, 1.54) is 57.8 Å². The van der Waals surface area contributed by atoms with Gasteiger partial charge in [0, 0.05) is 24.4 Å². The minimum atomic E-state index is -0.371. The average molecular weight is 339 g/mol. The first-order chi connectivity index (χ1) is 11.2. The summed E-state index contributed by atoms with van der Waals surface area (Å²) in [5.41, 5.74) is 1.10. The third-order valence-corrected chi connectivity index (χ3v) is 4.31. The number of thiol groups is 1. The summed E-state index contributed by atoms with van der Waals surface area (Å²) < 4.78 is 0. The molecule has 0 aliphatic carbocycles. The van der Waals surface area contributed by atoms with Crippen molar-refractivity contribution in [2.45, 2.75) is 64.2 Å². The lowest BCUT2D eigenvalue weighted by Crippen LogP contribution is -2.01. The van der Waals surface area contributed by atoms with Crippen LogP contribution in [0.3, 0.4) is 0 Å². The molecule has 0 unspecified atom stereocenters. The summed E-state index contributed by atoms with van der Waals surface area (Å²) >= 11 is 4.22. The number of nitro groups is 1. The Morgan fingerprint density at radius 3 is 1.78 bits per heavy atom. The van der Waals surface area contributed by atoms with Crippen LogP contribution >= 0.6 is 12.6 Å². The van der Waals surface area contributed by atoms with Gasteiger partial charge in [-0.1, -0.05) is 51.4 Å². The van der Waals surface area contributed by atoms with Crippen molar-refractivity contribution in [3.8, 4) is 0 Å². The van der Waals surface area contributed by atoms with E-state index in [1.807, 2.05) is 0 Å². The van der Waals surface area contributed by atoms with Crippen molar-refractivity contribution in [2.24, 2.45) is 0 Å². The van der Waals surface area contributed by atoms with E-state index in [1.54, 1.807) is 24.3 Å². The van der Waals surface area contributed by atoms with Gasteiger partial charge in [0.15, 0.2) is 0 Å². The van der Waals surface area contributed by atoms with Gasteiger partial charge in [-0.2, -0.15) is 12.6 Å². The van der Waals surface area contributed by atoms with Gasteiger partial charge in [-0.3, -0.25) is 10.1 Å². The van der Waals surface area contributed by atoms with Gasteiger partial charge in [0.2, 0.25) is 0 Å². The zero-order chi connectivity index (χ0) is 16.8. The molecule has 5 heteroatoms. The Morgan fingerprint density at radius 2 is 1.30 bits per heavy atom. The molecular formula is C18H30N2O2S. The summed E-state index contributed by atoms with van der Waals surface area (Å²) in [5.74, 6) is 1.02. The molecule has 0 fully saturated rings. The smallest absolute Gasteiger partial charge is 0.269 e. The van der Waals surface area contributed by atoms with Crippen LogP contribution in [0.1, 0.15) is 64.2 Å². The van der Waals surface area contributed by atoms with Crippen molar-refractivity contribution < 1.29 is 4.92 Å². The third-order valence-electron chi connectivity index (χ3n) is 3.99. The molecule has 130 valence electrons. The molecule has 0 radical (unpaired) electrons. The Bertz CT molecular complexity index is 424. The number of benzene rings is 1. The number of anilines is 1. The molecule has 0 saturated heterocycles. The largest absolute Gasteiger partial charge is 0.385 e. The number of hydrogen-bond acceptors (Lipinski definition) is 4. The molecule has 0 spiro atoms. The lowest BCUT2D eigenvalue weighted by Gasteiger charge is -2.06. The summed E-state index contributed by atoms with van der Waals surface area (Å²) in [7, 11) is 0. The van der Waals surface area contributed by atoms with Crippen molar-refractivity contribution in [3.63, 3.8) is 0 Å². The summed E-state index contributed by atoms with van der Waals surface area (Å²) in [4.78, 5) is 10.2. The molecular weight excluding hydrogens is 308 g/mol. The fourth-order valence-electron chi connectivity index (χ4n) is 2.58. The van der Waals surface area contributed by atoms with Gasteiger partial charge in [-0.25, -0.2) is 0 Å². The van der Waals surface area contributed by atoms with Gasteiger partial charge >= 0.3 is 0 Å². The van der Waals surface area contributed by atoms with Crippen LogP contribution in [0.2, 0.25) is 0 Å². The quantitative estimate of drug-likeness (QED) is 0.194. The Morgan fingerprint density at radius 1 is 0.826 bits per heavy atom. The van der Waals surface area contributed by atoms with E-state index in [-0.39, 0.29) is 10.6 Å². The maximum Gasteiger partial charge on any atom is 0.269 e. The van der Waals surface area contributed by atoms with Crippen molar-refractivity contribution in [1.82, 2.24) is 0 Å². The average Bonchev–Trinajstić information content (AvgIpc) is 2.56. The summed E-state index contributed by atoms with van der Waals surface area (Å²) in [6.45, 7) is 0.932. The maximum atomic E-state index is 10.6. The number of unbranched alkanes of at least 4 members (excludes halogenated alkanes) is 9. The second-order valence-corrected chi connectivity index (χ2v) is 6.44. The molecule has 0 aliphatic rings. The Balaban J connectivity index is 1.90. The lowest BCUT2D eigenvalue weighted by molar-refractivity contribution is -0.384. The zero-order valence-corrected chi connectivity index (χ0v) is 14.9. The van der Waals surface area contributed by atoms with E-state index in [4.69, 9.17) is 0 Å². The van der Waals surface area contributed by atoms with Gasteiger partial charge in [0.25, 0.3) is 5.69 Å². The molecule has 0 bridgehead atoms. The van der Waals surface area contributed by atoms with E-state index < -0.39 is 0 Å². The third kappa shape index (κ3) is 10.2. The highest BCUT2D eigenvalue weighted by Crippen LogP contribution is 2.16. The molecule has 0 heterocycles. The number of nitro benzene ring substituents is 1. The predicted molar refractivity (Wildman–Crippen MR) is 102 cm³/mol. The SMILES string of the molecule is O=[N+]([O-])c1ccc(NCCCCCCCCCCCCS)cc1. The van der Waals surface area contributed by atoms with Gasteiger partial charge in [0.05, 0.1) is 4.92 Å². The molecule has 4 nitrogen and oxygen atoms in total. The molecule has 1 N–H and O–H groups in total. The number of rotatable bonds is 14. The molecule has 0 aliphatic heterocycles. The van der Waals surface area contributed by atoms with Crippen molar-refractivity contribution in [2.75, 3.05) is 17.6 Å². The van der Waals surface area contributed by atoms with E-state index in [9.17, 15) is 10.1 Å². The van der Waals surface area contributed by atoms with Crippen LogP contribution in [0, 0.1) is 10.1 Å². The number of non-ortho nitro benzene ring substituents is 1. The van der Waals surface area contributed by atoms with Crippen molar-refractivity contribution in [1.29, 1.82) is 0 Å². The van der Waals surface area contributed by atoms with Gasteiger partial charge in [-0.15, -0.1) is 0 Å². The van der Waals surface area contributed by atoms with Crippen LogP contribution in [-0.4, -0.2) is 17.2 Å². The number of nitrogens with zero attached hydrogens (tertiary/aromatic N) is 1. The maximum absolute atomic E-state index is 10.6. The topological polar surface area (TPSA) is 55.2 Å². The Hall–Kier alpha value is -1.23. The van der Waals surface area contributed by atoms with Crippen LogP contribution in [0.25, 0.3) is 0 Å². The molecule has 0 aromatic heterocycles. The van der Waals surface area contributed by atoms with E-state index in [0.717, 1.165) is 24.4 Å². The first-order valence-corrected chi connectivity index (χ1v) is 9.46. The molecule has 1 rings (SSSR count). The second kappa shape index (κ2) is 13.2. The predicted octanol–water partition coefficient (Wildman–Crippen LogP) is 5.84. The van der Waals surface area contributed by atoms with E-state index in [0.29, 0.717) is 0 Å². The summed E-state index contributed by atoms with van der Waals surface area (Å²) in [6.07, 6.45) is 13.1. The fraction of sp³-hybridized carbons (Fsp3) is 0.667. The Kier molecular flexibility index (Phi) is 11.4. The first kappa shape index (κ1) is 19.8. The van der Waals surface area contributed by atoms with Crippen LogP contribution in [0.4, 0.5) is 11.4 Å². The highest BCUT2D eigenvalue weighted by Gasteiger charge is 2.03. The van der Waals surface area contributed by atoms with Crippen molar-refractivity contribution in [3.05, 3.63) is 34.4 Å². The van der Waals surface area contributed by atoms with Crippen LogP contribution in [-0.2, 0) is 0 Å². The lowest BCUT2D eigenvalue weighted by atomic mass is 10.1. The van der Waals surface area contributed by atoms with E-state index >= 15 is 0 Å². The van der Waals surface area contributed by atoms with Gasteiger partial charge in [0.1, 0.15) is 0 Å². The standard InChI is InChI=1S/C18H30N2O2S/c21-20(22)18-13-11-17(12-14-18)19-15-9-7-5-3-1-2-4-6-8-10-16-23/h11-14,19,23H,1-10,15-16H2. The minimum absolute atomic E-state index is 0.140. The van der Waals surface area contributed by atoms with Gasteiger partial charge < -0.3 is 5.32 Å². The normalized spacial score (nSPS) is 10.7. The monoisotopic (exact) mass is 338 g/mol.